The number of hydrogen-bond donors (Lipinski definition) is 1. The first-order chi connectivity index (χ1) is 7.92. The van der Waals surface area contributed by atoms with Crippen molar-refractivity contribution in [1.82, 2.24) is 5.32 Å². The van der Waals surface area contributed by atoms with Crippen LogP contribution in [-0.2, 0) is 14.3 Å². The van der Waals surface area contributed by atoms with E-state index in [4.69, 9.17) is 9.47 Å². The summed E-state index contributed by atoms with van der Waals surface area (Å²) in [5, 5.41) is 2.77. The third kappa shape index (κ3) is 5.06. The SMILES string of the molecule is CC(C)(C)OC(=O)N[C@H]1CCCC[C@@H]1OC=O. The van der Waals surface area contributed by atoms with Crippen molar-refractivity contribution in [2.75, 3.05) is 0 Å². The molecule has 0 aliphatic heterocycles. The van der Waals surface area contributed by atoms with Gasteiger partial charge < -0.3 is 14.8 Å². The van der Waals surface area contributed by atoms with E-state index in [-0.39, 0.29) is 12.1 Å². The quantitative estimate of drug-likeness (QED) is 0.770. The topological polar surface area (TPSA) is 64.6 Å². The second-order valence-electron chi connectivity index (χ2n) is 5.31. The molecule has 5 nitrogen and oxygen atoms in total. The smallest absolute Gasteiger partial charge is 0.408 e. The lowest BCUT2D eigenvalue weighted by Gasteiger charge is -2.31. The lowest BCUT2D eigenvalue weighted by molar-refractivity contribution is -0.136. The van der Waals surface area contributed by atoms with Crippen LogP contribution in [-0.4, -0.2) is 30.3 Å². The van der Waals surface area contributed by atoms with Crippen molar-refractivity contribution in [2.45, 2.75) is 64.2 Å². The standard InChI is InChI=1S/C12H21NO4/c1-12(2,3)17-11(15)13-9-6-4-5-7-10(9)16-8-14/h8-10H,4-7H2,1-3H3,(H,13,15)/t9-,10-/m0/s1. The minimum absolute atomic E-state index is 0.135. The van der Waals surface area contributed by atoms with Crippen LogP contribution in [0.25, 0.3) is 0 Å². The molecule has 0 spiro atoms. The number of hydrogen-bond acceptors (Lipinski definition) is 4. The molecule has 98 valence electrons. The Balaban J connectivity index is 2.47. The summed E-state index contributed by atoms with van der Waals surface area (Å²) in [5.41, 5.74) is -0.514. The van der Waals surface area contributed by atoms with Crippen molar-refractivity contribution in [2.24, 2.45) is 0 Å². The van der Waals surface area contributed by atoms with Crippen LogP contribution in [0.15, 0.2) is 0 Å². The fraction of sp³-hybridized carbons (Fsp3) is 0.833. The first-order valence-corrected chi connectivity index (χ1v) is 6.01. The van der Waals surface area contributed by atoms with Crippen LogP contribution in [0.2, 0.25) is 0 Å². The molecule has 0 unspecified atom stereocenters. The summed E-state index contributed by atoms with van der Waals surface area (Å²) in [4.78, 5) is 22.0. The Kier molecular flexibility index (Phi) is 4.78. The molecule has 0 radical (unpaired) electrons. The maximum Gasteiger partial charge on any atom is 0.408 e. The molecule has 0 aromatic heterocycles. The van der Waals surface area contributed by atoms with Crippen LogP contribution < -0.4 is 5.32 Å². The lowest BCUT2D eigenvalue weighted by atomic mass is 9.92. The van der Waals surface area contributed by atoms with Gasteiger partial charge in [-0.2, -0.15) is 0 Å². The number of nitrogens with one attached hydrogen (secondary N) is 1. The third-order valence-corrected chi connectivity index (χ3v) is 2.64. The van der Waals surface area contributed by atoms with E-state index >= 15 is 0 Å². The normalized spacial score (nSPS) is 24.9. The van der Waals surface area contributed by atoms with Crippen LogP contribution >= 0.6 is 0 Å². The van der Waals surface area contributed by atoms with E-state index in [0.717, 1.165) is 25.7 Å². The molecular weight excluding hydrogens is 222 g/mol. The van der Waals surface area contributed by atoms with Crippen LogP contribution in [0.4, 0.5) is 4.79 Å². The van der Waals surface area contributed by atoms with Crippen LogP contribution in [0.5, 0.6) is 0 Å². The van der Waals surface area contributed by atoms with E-state index < -0.39 is 11.7 Å². The minimum Gasteiger partial charge on any atom is -0.462 e. The molecule has 0 aromatic rings. The van der Waals surface area contributed by atoms with E-state index in [1.807, 2.05) is 20.8 Å². The zero-order valence-electron chi connectivity index (χ0n) is 10.7. The van der Waals surface area contributed by atoms with Gasteiger partial charge in [0.1, 0.15) is 11.7 Å². The average Bonchev–Trinajstić information content (AvgIpc) is 2.18. The number of ether oxygens (including phenoxy) is 2. The summed E-state index contributed by atoms with van der Waals surface area (Å²) in [5.74, 6) is 0. The van der Waals surface area contributed by atoms with Gasteiger partial charge in [0.15, 0.2) is 0 Å². The Hall–Kier alpha value is -1.26. The van der Waals surface area contributed by atoms with Gasteiger partial charge in [-0.25, -0.2) is 4.79 Å². The Bertz CT molecular complexity index is 272. The summed E-state index contributed by atoms with van der Waals surface area (Å²) in [6.45, 7) is 5.88. The molecule has 5 heteroatoms. The van der Waals surface area contributed by atoms with Crippen molar-refractivity contribution in [3.05, 3.63) is 0 Å². The van der Waals surface area contributed by atoms with Gasteiger partial charge in [-0.3, -0.25) is 4.79 Å². The van der Waals surface area contributed by atoms with Gasteiger partial charge in [-0.1, -0.05) is 6.42 Å². The molecule has 1 aliphatic rings. The molecule has 0 aromatic carbocycles. The summed E-state index contributed by atoms with van der Waals surface area (Å²) < 4.78 is 10.1. The maximum absolute atomic E-state index is 11.6. The summed E-state index contributed by atoms with van der Waals surface area (Å²) in [6, 6.07) is -0.135. The molecule has 1 amide bonds. The summed E-state index contributed by atoms with van der Waals surface area (Å²) in [6.07, 6.45) is 2.97. The van der Waals surface area contributed by atoms with Crippen molar-refractivity contribution < 1.29 is 19.1 Å². The first-order valence-electron chi connectivity index (χ1n) is 6.01. The molecule has 17 heavy (non-hydrogen) atoms. The van der Waals surface area contributed by atoms with Gasteiger partial charge >= 0.3 is 6.09 Å². The van der Waals surface area contributed by atoms with Crippen LogP contribution in [0, 0.1) is 0 Å². The van der Waals surface area contributed by atoms with E-state index in [9.17, 15) is 9.59 Å². The van der Waals surface area contributed by atoms with Gasteiger partial charge in [0.25, 0.3) is 6.47 Å². The number of alkyl carbamates (subject to hydrolysis) is 1. The zero-order valence-corrected chi connectivity index (χ0v) is 10.7. The molecule has 1 saturated carbocycles. The fourth-order valence-electron chi connectivity index (χ4n) is 1.96. The van der Waals surface area contributed by atoms with E-state index in [0.29, 0.717) is 6.47 Å². The monoisotopic (exact) mass is 243 g/mol. The largest absolute Gasteiger partial charge is 0.462 e. The highest BCUT2D eigenvalue weighted by Crippen LogP contribution is 2.21. The maximum atomic E-state index is 11.6. The average molecular weight is 243 g/mol. The summed E-state index contributed by atoms with van der Waals surface area (Å²) in [7, 11) is 0. The Morgan fingerprint density at radius 3 is 2.53 bits per heavy atom. The second-order valence-corrected chi connectivity index (χ2v) is 5.31. The molecule has 1 rings (SSSR count). The first kappa shape index (κ1) is 13.8. The number of carbonyl (C=O) groups excluding carboxylic acids is 2. The molecule has 2 atom stereocenters. The highest BCUT2D eigenvalue weighted by atomic mass is 16.6. The number of carbonyl (C=O) groups is 2. The Morgan fingerprint density at radius 2 is 1.94 bits per heavy atom. The molecular formula is C12H21NO4. The van der Waals surface area contributed by atoms with Gasteiger partial charge in [-0.15, -0.1) is 0 Å². The highest BCUT2D eigenvalue weighted by molar-refractivity contribution is 5.68. The fourth-order valence-corrected chi connectivity index (χ4v) is 1.96. The molecule has 0 heterocycles. The molecule has 0 bridgehead atoms. The van der Waals surface area contributed by atoms with Crippen molar-refractivity contribution in [3.8, 4) is 0 Å². The Morgan fingerprint density at radius 1 is 1.29 bits per heavy atom. The molecule has 1 aliphatic carbocycles. The van der Waals surface area contributed by atoms with Crippen molar-refractivity contribution >= 4 is 12.6 Å². The van der Waals surface area contributed by atoms with E-state index in [1.165, 1.54) is 0 Å². The highest BCUT2D eigenvalue weighted by Gasteiger charge is 2.29. The van der Waals surface area contributed by atoms with Crippen molar-refractivity contribution in [3.63, 3.8) is 0 Å². The third-order valence-electron chi connectivity index (χ3n) is 2.64. The van der Waals surface area contributed by atoms with Crippen LogP contribution in [0.3, 0.4) is 0 Å². The van der Waals surface area contributed by atoms with Gasteiger partial charge in [0.2, 0.25) is 0 Å². The Labute approximate surface area is 102 Å². The number of amides is 1. The minimum atomic E-state index is -0.514. The van der Waals surface area contributed by atoms with Crippen molar-refractivity contribution in [1.29, 1.82) is 0 Å². The van der Waals surface area contributed by atoms with Crippen LogP contribution in [0.1, 0.15) is 46.5 Å². The molecule has 0 saturated heterocycles. The van der Waals surface area contributed by atoms with Gasteiger partial charge in [0, 0.05) is 0 Å². The van der Waals surface area contributed by atoms with E-state index in [2.05, 4.69) is 5.32 Å². The number of rotatable bonds is 3. The zero-order chi connectivity index (χ0) is 12.9. The predicted molar refractivity (Wildman–Crippen MR) is 62.6 cm³/mol. The molecule has 1 N–H and O–H groups in total. The second kappa shape index (κ2) is 5.89. The summed E-state index contributed by atoms with van der Waals surface area (Å²) >= 11 is 0. The van der Waals surface area contributed by atoms with Gasteiger partial charge in [0.05, 0.1) is 6.04 Å². The predicted octanol–water partition coefficient (Wildman–Crippen LogP) is 2.00. The lowest BCUT2D eigenvalue weighted by Crippen LogP contribution is -2.47. The molecule has 1 fully saturated rings. The van der Waals surface area contributed by atoms with Gasteiger partial charge in [-0.05, 0) is 40.0 Å². The van der Waals surface area contributed by atoms with E-state index in [1.54, 1.807) is 0 Å².